The number of hydrogen-bond acceptors (Lipinski definition) is 2. The maximum Gasteiger partial charge on any atom is 0.387 e. The molecule has 0 N–H and O–H groups in total. The molecule has 0 aromatic heterocycles. The van der Waals surface area contributed by atoms with Crippen LogP contribution in [0.1, 0.15) is 22.9 Å². The van der Waals surface area contributed by atoms with Crippen LogP contribution in [-0.2, 0) is 10.1 Å². The van der Waals surface area contributed by atoms with Gasteiger partial charge in [0.2, 0.25) is 0 Å². The van der Waals surface area contributed by atoms with Gasteiger partial charge in [0, 0.05) is 10.9 Å². The van der Waals surface area contributed by atoms with Gasteiger partial charge in [0.15, 0.2) is 0 Å². The third kappa shape index (κ3) is 3.74. The molecule has 0 aliphatic rings. The zero-order valence-electron chi connectivity index (χ0n) is 8.92. The van der Waals surface area contributed by atoms with Crippen LogP contribution in [0.4, 0.5) is 8.78 Å². The summed E-state index contributed by atoms with van der Waals surface area (Å²) in [6, 6.07) is 4.78. The van der Waals surface area contributed by atoms with Crippen LogP contribution in [0.25, 0.3) is 0 Å². The summed E-state index contributed by atoms with van der Waals surface area (Å²) < 4.78 is 29.0. The maximum absolute atomic E-state index is 12.3. The molecule has 0 saturated carbocycles. The van der Waals surface area contributed by atoms with Crippen molar-refractivity contribution in [3.05, 3.63) is 29.3 Å². The largest absolute Gasteiger partial charge is 0.434 e. The van der Waals surface area contributed by atoms with E-state index in [9.17, 15) is 13.6 Å². The monoisotopic (exact) mass is 370 g/mol. The Balaban J connectivity index is 3.24. The lowest BCUT2D eigenvalue weighted by atomic mass is 10.0. The summed E-state index contributed by atoms with van der Waals surface area (Å²) in [5.74, 6) is -0.147. The summed E-state index contributed by atoms with van der Waals surface area (Å²) in [6.45, 7) is -1.53. The van der Waals surface area contributed by atoms with E-state index >= 15 is 0 Å². The molecule has 0 amide bonds. The van der Waals surface area contributed by atoms with Crippen LogP contribution in [0.5, 0.6) is 5.75 Å². The number of carbonyl (C=O) groups excluding carboxylic acids is 1. The van der Waals surface area contributed by atoms with Crippen LogP contribution in [0.3, 0.4) is 0 Å². The van der Waals surface area contributed by atoms with E-state index in [1.165, 1.54) is 13.0 Å². The van der Waals surface area contributed by atoms with Gasteiger partial charge in [0.1, 0.15) is 16.4 Å². The highest BCUT2D eigenvalue weighted by Crippen LogP contribution is 2.36. The summed E-state index contributed by atoms with van der Waals surface area (Å²) in [5, 5.41) is 0.456. The number of ketones is 1. The van der Waals surface area contributed by atoms with E-state index in [2.05, 4.69) is 36.6 Å². The molecular formula is C11H10Br2F2O2. The van der Waals surface area contributed by atoms with Crippen LogP contribution in [0.2, 0.25) is 0 Å². The lowest BCUT2D eigenvalue weighted by Gasteiger charge is -2.16. The average Bonchev–Trinajstić information content (AvgIpc) is 2.26. The molecule has 0 bridgehead atoms. The van der Waals surface area contributed by atoms with Crippen molar-refractivity contribution in [1.82, 2.24) is 0 Å². The Bertz CT molecular complexity index is 410. The lowest BCUT2D eigenvalue weighted by molar-refractivity contribution is -0.116. The van der Waals surface area contributed by atoms with Gasteiger partial charge >= 0.3 is 6.61 Å². The second kappa shape index (κ2) is 6.44. The summed E-state index contributed by atoms with van der Waals surface area (Å²) in [7, 11) is 0. The minimum atomic E-state index is -2.91. The average molecular weight is 372 g/mol. The van der Waals surface area contributed by atoms with Crippen molar-refractivity contribution in [2.45, 2.75) is 23.7 Å². The fourth-order valence-electron chi connectivity index (χ4n) is 1.40. The van der Waals surface area contributed by atoms with Gasteiger partial charge in [0.25, 0.3) is 0 Å². The maximum atomic E-state index is 12.3. The molecule has 1 rings (SSSR count). The van der Waals surface area contributed by atoms with Crippen LogP contribution in [0.15, 0.2) is 18.2 Å². The fraction of sp³-hybridized carbons (Fsp3) is 0.364. The first kappa shape index (κ1) is 14.6. The summed E-state index contributed by atoms with van der Waals surface area (Å²) >= 11 is 6.44. The topological polar surface area (TPSA) is 26.3 Å². The quantitative estimate of drug-likeness (QED) is 0.725. The smallest absolute Gasteiger partial charge is 0.387 e. The minimum absolute atomic E-state index is 0.0222. The molecule has 0 aliphatic heterocycles. The molecule has 94 valence electrons. The van der Waals surface area contributed by atoms with Crippen molar-refractivity contribution in [1.29, 1.82) is 0 Å². The first-order chi connectivity index (χ1) is 7.97. The van der Waals surface area contributed by atoms with Gasteiger partial charge in [-0.05, 0) is 18.6 Å². The van der Waals surface area contributed by atoms with Crippen LogP contribution < -0.4 is 4.74 Å². The van der Waals surface area contributed by atoms with Gasteiger partial charge < -0.3 is 4.74 Å². The number of alkyl halides is 4. The zero-order valence-corrected chi connectivity index (χ0v) is 12.1. The molecule has 2 nitrogen and oxygen atoms in total. The van der Waals surface area contributed by atoms with E-state index in [-0.39, 0.29) is 11.5 Å². The summed E-state index contributed by atoms with van der Waals surface area (Å²) in [4.78, 5) is 10.7. The Morgan fingerprint density at radius 1 is 1.47 bits per heavy atom. The number of hydrogen-bond donors (Lipinski definition) is 0. The second-order valence-corrected chi connectivity index (χ2v) is 4.79. The minimum Gasteiger partial charge on any atom is -0.434 e. The van der Waals surface area contributed by atoms with Crippen LogP contribution >= 0.6 is 31.9 Å². The van der Waals surface area contributed by atoms with E-state index in [0.29, 0.717) is 10.9 Å². The van der Waals surface area contributed by atoms with Crippen molar-refractivity contribution in [3.63, 3.8) is 0 Å². The molecule has 17 heavy (non-hydrogen) atoms. The lowest BCUT2D eigenvalue weighted by Crippen LogP contribution is -2.10. The standard InChI is InChI=1S/C11H10Br2F2O2/c1-6(16)10(13)9-7(5-12)3-2-4-8(9)17-11(14)15/h2-4,10-11H,5H2,1H3. The van der Waals surface area contributed by atoms with Crippen LogP contribution in [0, 0.1) is 0 Å². The normalized spacial score (nSPS) is 12.6. The van der Waals surface area contributed by atoms with E-state index < -0.39 is 11.4 Å². The number of halogens is 4. The Labute approximate surface area is 115 Å². The molecular weight excluding hydrogens is 362 g/mol. The van der Waals surface area contributed by atoms with Crippen molar-refractivity contribution in [2.75, 3.05) is 0 Å². The molecule has 0 spiro atoms. The highest BCUT2D eigenvalue weighted by atomic mass is 79.9. The number of Topliss-reactive ketones (excluding diaryl/α,β-unsaturated/α-hetero) is 1. The Kier molecular flexibility index (Phi) is 5.52. The van der Waals surface area contributed by atoms with E-state index in [4.69, 9.17) is 0 Å². The number of carbonyl (C=O) groups is 1. The van der Waals surface area contributed by atoms with E-state index in [1.54, 1.807) is 12.1 Å². The molecule has 1 aromatic rings. The molecule has 0 radical (unpaired) electrons. The molecule has 1 unspecified atom stereocenters. The van der Waals surface area contributed by atoms with Gasteiger partial charge in [0.05, 0.1) is 0 Å². The van der Waals surface area contributed by atoms with Crippen molar-refractivity contribution in [2.24, 2.45) is 0 Å². The van der Waals surface area contributed by atoms with Crippen molar-refractivity contribution >= 4 is 37.6 Å². The number of benzene rings is 1. The van der Waals surface area contributed by atoms with Crippen molar-refractivity contribution < 1.29 is 18.3 Å². The fourth-order valence-corrected chi connectivity index (χ4v) is 2.40. The third-order valence-corrected chi connectivity index (χ3v) is 3.83. The number of rotatable bonds is 5. The second-order valence-electron chi connectivity index (χ2n) is 3.31. The molecule has 0 aliphatic carbocycles. The van der Waals surface area contributed by atoms with E-state index in [0.717, 1.165) is 5.56 Å². The van der Waals surface area contributed by atoms with Gasteiger partial charge in [-0.25, -0.2) is 0 Å². The molecule has 0 heterocycles. The predicted molar refractivity (Wildman–Crippen MR) is 68.1 cm³/mol. The van der Waals surface area contributed by atoms with Gasteiger partial charge in [-0.3, -0.25) is 4.79 Å². The predicted octanol–water partition coefficient (Wildman–Crippen LogP) is 4.21. The van der Waals surface area contributed by atoms with E-state index in [1.807, 2.05) is 0 Å². The highest BCUT2D eigenvalue weighted by Gasteiger charge is 2.22. The molecule has 1 aromatic carbocycles. The van der Waals surface area contributed by atoms with Gasteiger partial charge in [-0.1, -0.05) is 44.0 Å². The molecule has 0 fully saturated rings. The highest BCUT2D eigenvalue weighted by molar-refractivity contribution is 9.09. The Morgan fingerprint density at radius 3 is 2.59 bits per heavy atom. The van der Waals surface area contributed by atoms with Crippen LogP contribution in [-0.4, -0.2) is 12.4 Å². The van der Waals surface area contributed by atoms with Gasteiger partial charge in [-0.2, -0.15) is 8.78 Å². The molecule has 1 atom stereocenters. The zero-order chi connectivity index (χ0) is 13.0. The SMILES string of the molecule is CC(=O)C(Br)c1c(CBr)cccc1OC(F)F. The molecule has 6 heteroatoms. The summed E-state index contributed by atoms with van der Waals surface area (Å²) in [5.41, 5.74) is 1.18. The Morgan fingerprint density at radius 2 is 2.12 bits per heavy atom. The summed E-state index contributed by atoms with van der Waals surface area (Å²) in [6.07, 6.45) is 0. The number of ether oxygens (including phenoxy) is 1. The van der Waals surface area contributed by atoms with Gasteiger partial charge in [-0.15, -0.1) is 0 Å². The third-order valence-electron chi connectivity index (χ3n) is 2.13. The van der Waals surface area contributed by atoms with Crippen molar-refractivity contribution in [3.8, 4) is 5.75 Å². The first-order valence-electron chi connectivity index (χ1n) is 4.74. The Hall–Kier alpha value is -0.490. The first-order valence-corrected chi connectivity index (χ1v) is 6.78. The molecule has 0 saturated heterocycles.